The van der Waals surface area contributed by atoms with Gasteiger partial charge in [0, 0.05) is 13.0 Å². The van der Waals surface area contributed by atoms with Crippen LogP contribution >= 0.6 is 24.8 Å². The minimum Gasteiger partial charge on any atom is -0.371 e. The van der Waals surface area contributed by atoms with Crippen LogP contribution in [0.4, 0.5) is 13.2 Å². The summed E-state index contributed by atoms with van der Waals surface area (Å²) in [5, 5.41) is 2.42. The van der Waals surface area contributed by atoms with Crippen molar-refractivity contribution in [3.05, 3.63) is 11.9 Å². The zero-order chi connectivity index (χ0) is 8.85. The normalized spacial score (nSPS) is 9.09. The summed E-state index contributed by atoms with van der Waals surface area (Å²) in [7, 11) is 0. The van der Waals surface area contributed by atoms with Crippen LogP contribution in [0.25, 0.3) is 0 Å². The molecule has 0 fully saturated rings. The lowest BCUT2D eigenvalue weighted by Gasteiger charge is -1.99. The van der Waals surface area contributed by atoms with E-state index in [1.165, 1.54) is 0 Å². The number of hydrogen-bond acceptors (Lipinski definition) is 1. The predicted molar refractivity (Wildman–Crippen MR) is 44.6 cm³/mol. The monoisotopic (exact) mass is 201 g/mol. The van der Waals surface area contributed by atoms with E-state index in [0.29, 0.717) is 0 Å². The third-order valence-corrected chi connectivity index (χ3v) is 1.13. The Hall–Kier alpha value is -0.230. The van der Waals surface area contributed by atoms with Crippen molar-refractivity contribution in [1.29, 1.82) is 0 Å². The van der Waals surface area contributed by atoms with E-state index in [2.05, 4.69) is 30.2 Å². The number of halogens is 3. The van der Waals surface area contributed by atoms with Gasteiger partial charge in [-0.15, -0.1) is 12.6 Å². The van der Waals surface area contributed by atoms with Crippen LogP contribution in [0.15, 0.2) is 11.9 Å². The van der Waals surface area contributed by atoms with Crippen molar-refractivity contribution in [2.45, 2.75) is 6.42 Å². The molecule has 1 N–H and O–H groups in total. The van der Waals surface area contributed by atoms with E-state index in [9.17, 15) is 13.2 Å². The zero-order valence-corrected chi connectivity index (χ0v) is 7.11. The number of thiocarbonyl (C=S) groups is 1. The quantitative estimate of drug-likeness (QED) is 0.536. The first-order chi connectivity index (χ1) is 5.04. The standard InChI is InChI=1S/C5H6F3NS2/c6-3(4(7)8)1-2-9-5(10)11/h1-2H2,(H2,9,10,11). The molecule has 6 heteroatoms. The number of nitrogens with one attached hydrogen (secondary N) is 1. The molecule has 0 aromatic heterocycles. The summed E-state index contributed by atoms with van der Waals surface area (Å²) in [6, 6.07) is 0. The smallest absolute Gasteiger partial charge is 0.301 e. The highest BCUT2D eigenvalue weighted by Crippen LogP contribution is 2.11. The second-order valence-corrected chi connectivity index (χ2v) is 2.81. The molecule has 0 bridgehead atoms. The van der Waals surface area contributed by atoms with Crippen LogP contribution in [-0.2, 0) is 0 Å². The summed E-state index contributed by atoms with van der Waals surface area (Å²) >= 11 is 8.09. The van der Waals surface area contributed by atoms with Gasteiger partial charge in [-0.2, -0.15) is 8.78 Å². The Morgan fingerprint density at radius 2 is 1.91 bits per heavy atom. The molecule has 0 radical (unpaired) electrons. The van der Waals surface area contributed by atoms with Crippen molar-refractivity contribution >= 4 is 29.2 Å². The van der Waals surface area contributed by atoms with Crippen LogP contribution in [0, 0.1) is 0 Å². The van der Waals surface area contributed by atoms with Gasteiger partial charge < -0.3 is 5.32 Å². The van der Waals surface area contributed by atoms with Crippen LogP contribution < -0.4 is 5.32 Å². The number of thiol groups is 1. The highest BCUT2D eigenvalue weighted by Gasteiger charge is 2.03. The second-order valence-electron chi connectivity index (χ2n) is 1.65. The van der Waals surface area contributed by atoms with Gasteiger partial charge >= 0.3 is 6.08 Å². The molecular formula is C5H6F3NS2. The maximum atomic E-state index is 12.0. The Kier molecular flexibility index (Phi) is 5.31. The number of hydrogen-bond donors (Lipinski definition) is 2. The molecule has 1 nitrogen and oxygen atoms in total. The van der Waals surface area contributed by atoms with E-state index in [1.807, 2.05) is 0 Å². The van der Waals surface area contributed by atoms with Crippen LogP contribution in [0.3, 0.4) is 0 Å². The lowest BCUT2D eigenvalue weighted by Crippen LogP contribution is -2.17. The van der Waals surface area contributed by atoms with Crippen molar-refractivity contribution in [1.82, 2.24) is 5.32 Å². The first-order valence-electron chi connectivity index (χ1n) is 2.70. The van der Waals surface area contributed by atoms with Gasteiger partial charge in [0.2, 0.25) is 0 Å². The van der Waals surface area contributed by atoms with Gasteiger partial charge in [0.05, 0.1) is 0 Å². The Balaban J connectivity index is 3.56. The first kappa shape index (κ1) is 10.8. The van der Waals surface area contributed by atoms with Gasteiger partial charge in [-0.3, -0.25) is 0 Å². The zero-order valence-electron chi connectivity index (χ0n) is 5.40. The lowest BCUT2D eigenvalue weighted by molar-refractivity contribution is 0.370. The molecule has 0 atom stereocenters. The highest BCUT2D eigenvalue weighted by atomic mass is 32.1. The summed E-state index contributed by atoms with van der Waals surface area (Å²) in [5.41, 5.74) is 0. The molecule has 0 heterocycles. The summed E-state index contributed by atoms with van der Waals surface area (Å²) in [4.78, 5) is 0. The molecule has 0 aromatic rings. The molecule has 11 heavy (non-hydrogen) atoms. The summed E-state index contributed by atoms with van der Waals surface area (Å²) in [6.45, 7) is 0.0332. The molecule has 0 unspecified atom stereocenters. The van der Waals surface area contributed by atoms with Gasteiger partial charge in [0.25, 0.3) is 0 Å². The van der Waals surface area contributed by atoms with Gasteiger partial charge in [-0.05, 0) is 0 Å². The Labute approximate surface area is 73.1 Å². The Morgan fingerprint density at radius 1 is 1.36 bits per heavy atom. The summed E-state index contributed by atoms with van der Waals surface area (Å²) in [6.07, 6.45) is -2.65. The van der Waals surface area contributed by atoms with E-state index >= 15 is 0 Å². The average molecular weight is 201 g/mol. The van der Waals surface area contributed by atoms with Crippen LogP contribution in [0.2, 0.25) is 0 Å². The van der Waals surface area contributed by atoms with Crippen LogP contribution in [-0.4, -0.2) is 10.9 Å². The molecule has 0 spiro atoms. The fourth-order valence-corrected chi connectivity index (χ4v) is 0.588. The topological polar surface area (TPSA) is 12.0 Å². The molecule has 0 saturated heterocycles. The molecule has 0 aliphatic heterocycles. The average Bonchev–Trinajstić information content (AvgIpc) is 1.86. The third-order valence-electron chi connectivity index (χ3n) is 0.826. The molecule has 0 rings (SSSR count). The largest absolute Gasteiger partial charge is 0.371 e. The second kappa shape index (κ2) is 5.42. The Morgan fingerprint density at radius 3 is 2.27 bits per heavy atom. The summed E-state index contributed by atoms with van der Waals surface area (Å²) < 4.78 is 34.9. The molecule has 0 aromatic carbocycles. The minimum absolute atomic E-state index is 0.0332. The van der Waals surface area contributed by atoms with E-state index in [0.717, 1.165) is 0 Å². The molecule has 64 valence electrons. The number of rotatable bonds is 3. The highest BCUT2D eigenvalue weighted by molar-refractivity contribution is 8.11. The van der Waals surface area contributed by atoms with Crippen molar-refractivity contribution < 1.29 is 13.2 Å². The molecular weight excluding hydrogens is 195 g/mol. The predicted octanol–water partition coefficient (Wildman–Crippen LogP) is 2.26. The van der Waals surface area contributed by atoms with Gasteiger partial charge in [-0.25, -0.2) is 4.39 Å². The lowest BCUT2D eigenvalue weighted by atomic mass is 10.4. The van der Waals surface area contributed by atoms with Gasteiger partial charge in [0.1, 0.15) is 4.32 Å². The fourth-order valence-electron chi connectivity index (χ4n) is 0.374. The fraction of sp³-hybridized carbons (Fsp3) is 0.400. The van der Waals surface area contributed by atoms with Crippen molar-refractivity contribution in [2.24, 2.45) is 0 Å². The third kappa shape index (κ3) is 6.18. The van der Waals surface area contributed by atoms with E-state index in [4.69, 9.17) is 0 Å². The van der Waals surface area contributed by atoms with Crippen molar-refractivity contribution in [3.63, 3.8) is 0 Å². The van der Waals surface area contributed by atoms with E-state index < -0.39 is 11.9 Å². The van der Waals surface area contributed by atoms with E-state index in [1.54, 1.807) is 0 Å². The SMILES string of the molecule is FC(F)=C(F)CCNC(=S)S. The summed E-state index contributed by atoms with van der Waals surface area (Å²) in [5.74, 6) is -1.41. The van der Waals surface area contributed by atoms with E-state index in [-0.39, 0.29) is 17.3 Å². The molecule has 0 amide bonds. The first-order valence-corrected chi connectivity index (χ1v) is 3.56. The maximum Gasteiger partial charge on any atom is 0.301 e. The van der Waals surface area contributed by atoms with Gasteiger partial charge in [-0.1, -0.05) is 12.2 Å². The van der Waals surface area contributed by atoms with Crippen LogP contribution in [0.5, 0.6) is 0 Å². The maximum absolute atomic E-state index is 12.0. The van der Waals surface area contributed by atoms with Crippen molar-refractivity contribution in [2.75, 3.05) is 6.54 Å². The minimum atomic E-state index is -2.28. The van der Waals surface area contributed by atoms with Crippen LogP contribution in [0.1, 0.15) is 6.42 Å². The molecule has 0 aliphatic rings. The van der Waals surface area contributed by atoms with Gasteiger partial charge in [0.15, 0.2) is 5.83 Å². The Bertz CT molecular complexity index is 177. The molecule has 0 saturated carbocycles. The molecule has 0 aliphatic carbocycles. The van der Waals surface area contributed by atoms with Crippen molar-refractivity contribution in [3.8, 4) is 0 Å².